The molecule has 0 unspecified atom stereocenters. The van der Waals surface area contributed by atoms with Crippen LogP contribution in [0.3, 0.4) is 0 Å². The third kappa shape index (κ3) is 4.61. The highest BCUT2D eigenvalue weighted by Crippen LogP contribution is 2.38. The number of fused-ring (bicyclic) bond motifs is 1. The van der Waals surface area contributed by atoms with E-state index in [2.05, 4.69) is 10.6 Å². The van der Waals surface area contributed by atoms with Gasteiger partial charge in [-0.05, 0) is 50.5 Å². The lowest BCUT2D eigenvalue weighted by molar-refractivity contribution is -0.119. The number of rotatable bonds is 3. The van der Waals surface area contributed by atoms with Gasteiger partial charge in [-0.1, -0.05) is 41.9 Å². The van der Waals surface area contributed by atoms with Gasteiger partial charge < -0.3 is 15.5 Å². The average Bonchev–Trinajstić information content (AvgIpc) is 2.59. The molecular weight excluding hydrogens is 362 g/mol. The number of benzene rings is 2. The molecule has 0 radical (unpaired) electrons. The van der Waals surface area contributed by atoms with Crippen LogP contribution in [0.15, 0.2) is 42.5 Å². The number of amides is 3. The Hall–Kier alpha value is -2.53. The van der Waals surface area contributed by atoms with Gasteiger partial charge in [0, 0.05) is 17.6 Å². The summed E-state index contributed by atoms with van der Waals surface area (Å²) in [4.78, 5) is 26.4. The Kier molecular flexibility index (Phi) is 5.42. The van der Waals surface area contributed by atoms with E-state index >= 15 is 0 Å². The fraction of sp³-hybridized carbons (Fsp3) is 0.333. The van der Waals surface area contributed by atoms with E-state index in [1.807, 2.05) is 57.2 Å². The van der Waals surface area contributed by atoms with Crippen molar-refractivity contribution < 1.29 is 9.59 Å². The van der Waals surface area contributed by atoms with Crippen molar-refractivity contribution in [3.05, 3.63) is 58.6 Å². The molecule has 5 nitrogen and oxygen atoms in total. The quantitative estimate of drug-likeness (QED) is 0.801. The molecule has 0 fully saturated rings. The van der Waals surface area contributed by atoms with E-state index in [-0.39, 0.29) is 17.5 Å². The standard InChI is InChI=1S/C21H24ClN3O2/c1-21(2,3)24-20(27)23-16-10-11-17-15(19(16)22)9-12-18(26)25(17)13-14-7-5-4-6-8-14/h4-8,10-11H,9,12-13H2,1-3H3,(H2,23,24,27). The van der Waals surface area contributed by atoms with Crippen LogP contribution in [0.5, 0.6) is 0 Å². The Labute approximate surface area is 164 Å². The molecule has 2 aromatic carbocycles. The maximum atomic E-state index is 12.5. The van der Waals surface area contributed by atoms with Crippen molar-refractivity contribution in [2.45, 2.75) is 45.7 Å². The lowest BCUT2D eigenvalue weighted by Gasteiger charge is -2.31. The summed E-state index contributed by atoms with van der Waals surface area (Å²) >= 11 is 6.58. The van der Waals surface area contributed by atoms with Gasteiger partial charge in [-0.25, -0.2) is 4.79 Å². The first-order valence-electron chi connectivity index (χ1n) is 8.99. The highest BCUT2D eigenvalue weighted by molar-refractivity contribution is 6.35. The van der Waals surface area contributed by atoms with E-state index in [4.69, 9.17) is 11.6 Å². The summed E-state index contributed by atoms with van der Waals surface area (Å²) in [5.41, 5.74) is 2.96. The van der Waals surface area contributed by atoms with Crippen molar-refractivity contribution in [1.82, 2.24) is 5.32 Å². The molecule has 3 amide bonds. The second-order valence-corrected chi connectivity index (χ2v) is 8.10. The topological polar surface area (TPSA) is 61.4 Å². The third-order valence-corrected chi connectivity index (χ3v) is 4.75. The molecule has 6 heteroatoms. The fourth-order valence-electron chi connectivity index (χ4n) is 3.13. The number of carbonyl (C=O) groups is 2. The smallest absolute Gasteiger partial charge is 0.319 e. The molecule has 1 aliphatic rings. The molecule has 0 saturated heterocycles. The largest absolute Gasteiger partial charge is 0.333 e. The molecule has 27 heavy (non-hydrogen) atoms. The first-order valence-corrected chi connectivity index (χ1v) is 9.37. The Morgan fingerprint density at radius 3 is 2.48 bits per heavy atom. The highest BCUT2D eigenvalue weighted by Gasteiger charge is 2.27. The van der Waals surface area contributed by atoms with E-state index < -0.39 is 0 Å². The summed E-state index contributed by atoms with van der Waals surface area (Å²) in [5.74, 6) is 0.0774. The van der Waals surface area contributed by atoms with Gasteiger partial charge in [-0.15, -0.1) is 0 Å². The maximum absolute atomic E-state index is 12.5. The van der Waals surface area contributed by atoms with Crippen LogP contribution >= 0.6 is 11.6 Å². The molecule has 2 N–H and O–H groups in total. The zero-order valence-electron chi connectivity index (χ0n) is 15.8. The number of nitrogens with zero attached hydrogens (tertiary/aromatic N) is 1. The van der Waals surface area contributed by atoms with Gasteiger partial charge in [-0.2, -0.15) is 0 Å². The minimum atomic E-state index is -0.344. The zero-order valence-corrected chi connectivity index (χ0v) is 16.6. The summed E-state index contributed by atoms with van der Waals surface area (Å²) in [5, 5.41) is 6.15. The first-order chi connectivity index (χ1) is 12.7. The van der Waals surface area contributed by atoms with E-state index in [0.717, 1.165) is 16.8 Å². The lowest BCUT2D eigenvalue weighted by atomic mass is 9.99. The Balaban J connectivity index is 1.86. The number of carbonyl (C=O) groups excluding carboxylic acids is 2. The molecule has 0 bridgehead atoms. The molecule has 1 aliphatic heterocycles. The van der Waals surface area contributed by atoms with Gasteiger partial charge in [0.05, 0.1) is 17.3 Å². The van der Waals surface area contributed by atoms with Crippen LogP contribution in [-0.4, -0.2) is 17.5 Å². The number of urea groups is 1. The molecule has 0 spiro atoms. The third-order valence-electron chi connectivity index (χ3n) is 4.32. The second-order valence-electron chi connectivity index (χ2n) is 7.72. The van der Waals surface area contributed by atoms with Crippen LogP contribution in [0.4, 0.5) is 16.2 Å². The lowest BCUT2D eigenvalue weighted by Crippen LogP contribution is -2.43. The van der Waals surface area contributed by atoms with Gasteiger partial charge >= 0.3 is 6.03 Å². The molecule has 0 aromatic heterocycles. The van der Waals surface area contributed by atoms with Gasteiger partial charge in [0.1, 0.15) is 0 Å². The van der Waals surface area contributed by atoms with E-state index in [1.54, 1.807) is 11.0 Å². The van der Waals surface area contributed by atoms with Crippen LogP contribution in [0.1, 0.15) is 38.3 Å². The minimum Gasteiger partial charge on any atom is -0.333 e. The average molecular weight is 386 g/mol. The van der Waals surface area contributed by atoms with Crippen LogP contribution in [0.25, 0.3) is 0 Å². The Bertz CT molecular complexity index is 860. The number of nitrogens with one attached hydrogen (secondary N) is 2. The van der Waals surface area contributed by atoms with Crippen LogP contribution in [0, 0.1) is 0 Å². The van der Waals surface area contributed by atoms with E-state index in [0.29, 0.717) is 30.1 Å². The first kappa shape index (κ1) is 19.2. The SMILES string of the molecule is CC(C)(C)NC(=O)Nc1ccc2c(c1Cl)CCC(=O)N2Cc1ccccc1. The number of hydrogen-bond donors (Lipinski definition) is 2. The highest BCUT2D eigenvalue weighted by atomic mass is 35.5. The van der Waals surface area contributed by atoms with Crippen molar-refractivity contribution in [3.63, 3.8) is 0 Å². The van der Waals surface area contributed by atoms with Crippen molar-refractivity contribution in [2.75, 3.05) is 10.2 Å². The molecule has 3 rings (SSSR count). The molecule has 2 aromatic rings. The molecule has 142 valence electrons. The Morgan fingerprint density at radius 1 is 1.11 bits per heavy atom. The summed E-state index contributed by atoms with van der Waals surface area (Å²) in [7, 11) is 0. The van der Waals surface area contributed by atoms with Gasteiger partial charge in [-0.3, -0.25) is 4.79 Å². The van der Waals surface area contributed by atoms with Crippen LogP contribution < -0.4 is 15.5 Å². The number of anilines is 2. The fourth-order valence-corrected chi connectivity index (χ4v) is 3.43. The summed E-state index contributed by atoms with van der Waals surface area (Å²) < 4.78 is 0. The molecular formula is C21H24ClN3O2. The number of halogens is 1. The van der Waals surface area contributed by atoms with Gasteiger partial charge in [0.2, 0.25) is 5.91 Å². The summed E-state index contributed by atoms with van der Waals surface area (Å²) in [6.45, 7) is 6.23. The second kappa shape index (κ2) is 7.61. The van der Waals surface area contributed by atoms with Crippen molar-refractivity contribution in [1.29, 1.82) is 0 Å². The monoisotopic (exact) mass is 385 g/mol. The molecule has 0 atom stereocenters. The number of hydrogen-bond acceptors (Lipinski definition) is 2. The minimum absolute atomic E-state index is 0.0774. The van der Waals surface area contributed by atoms with Gasteiger partial charge in [0.15, 0.2) is 0 Å². The predicted molar refractivity (Wildman–Crippen MR) is 109 cm³/mol. The van der Waals surface area contributed by atoms with Crippen molar-refractivity contribution in [2.24, 2.45) is 0 Å². The normalized spacial score (nSPS) is 13.9. The Morgan fingerprint density at radius 2 is 1.81 bits per heavy atom. The van der Waals surface area contributed by atoms with Crippen LogP contribution in [0.2, 0.25) is 5.02 Å². The van der Waals surface area contributed by atoms with E-state index in [1.165, 1.54) is 0 Å². The predicted octanol–water partition coefficient (Wildman–Crippen LogP) is 4.74. The van der Waals surface area contributed by atoms with Crippen LogP contribution in [-0.2, 0) is 17.8 Å². The van der Waals surface area contributed by atoms with Crippen molar-refractivity contribution >= 4 is 34.9 Å². The zero-order chi connectivity index (χ0) is 19.6. The maximum Gasteiger partial charge on any atom is 0.319 e. The summed E-state index contributed by atoms with van der Waals surface area (Å²) in [6.07, 6.45) is 0.964. The van der Waals surface area contributed by atoms with Gasteiger partial charge in [0.25, 0.3) is 0 Å². The molecule has 0 saturated carbocycles. The van der Waals surface area contributed by atoms with E-state index in [9.17, 15) is 9.59 Å². The summed E-state index contributed by atoms with van der Waals surface area (Å²) in [6, 6.07) is 13.2. The molecule has 1 heterocycles. The molecule has 0 aliphatic carbocycles. The van der Waals surface area contributed by atoms with Crippen molar-refractivity contribution in [3.8, 4) is 0 Å².